The molecule has 0 amide bonds. The van der Waals surface area contributed by atoms with E-state index in [1.165, 1.54) is 0 Å². The van der Waals surface area contributed by atoms with Gasteiger partial charge in [0.15, 0.2) is 0 Å². The van der Waals surface area contributed by atoms with Gasteiger partial charge in [-0.2, -0.15) is 0 Å². The van der Waals surface area contributed by atoms with Gasteiger partial charge in [0.25, 0.3) is 0 Å². The lowest BCUT2D eigenvalue weighted by Gasteiger charge is -2.24. The molecule has 88 valence electrons. The van der Waals surface area contributed by atoms with Crippen LogP contribution in [-0.4, -0.2) is 24.3 Å². The highest BCUT2D eigenvalue weighted by atomic mass is 16.5. The molecule has 2 N–H and O–H groups in total. The summed E-state index contributed by atoms with van der Waals surface area (Å²) < 4.78 is 5.37. The smallest absolute Gasteiger partial charge is 0.488 e. The number of benzene rings is 1. The van der Waals surface area contributed by atoms with Crippen molar-refractivity contribution < 1.29 is 14.8 Å². The van der Waals surface area contributed by atoms with Crippen molar-refractivity contribution in [2.24, 2.45) is 0 Å². The molecule has 4 heteroatoms. The van der Waals surface area contributed by atoms with Crippen LogP contribution in [-0.2, 0) is 5.41 Å². The Morgan fingerprint density at radius 3 is 2.12 bits per heavy atom. The Bertz CT molecular complexity index is 381. The van der Waals surface area contributed by atoms with Gasteiger partial charge in [-0.25, -0.2) is 0 Å². The van der Waals surface area contributed by atoms with Gasteiger partial charge < -0.3 is 14.8 Å². The van der Waals surface area contributed by atoms with E-state index in [0.717, 1.165) is 16.9 Å². The lowest BCUT2D eigenvalue weighted by atomic mass is 9.75. The summed E-state index contributed by atoms with van der Waals surface area (Å²) in [5.74, 6) is 0.817. The maximum absolute atomic E-state index is 9.22. The van der Waals surface area contributed by atoms with Crippen molar-refractivity contribution in [2.75, 3.05) is 7.11 Å². The van der Waals surface area contributed by atoms with Crippen molar-refractivity contribution in [3.63, 3.8) is 0 Å². The molecule has 3 nitrogen and oxygen atoms in total. The van der Waals surface area contributed by atoms with Crippen LogP contribution in [0.3, 0.4) is 0 Å². The topological polar surface area (TPSA) is 49.7 Å². The first-order valence-corrected chi connectivity index (χ1v) is 5.32. The second-order valence-corrected chi connectivity index (χ2v) is 5.04. The molecule has 0 aliphatic heterocycles. The first-order valence-electron chi connectivity index (χ1n) is 5.32. The van der Waals surface area contributed by atoms with Crippen molar-refractivity contribution in [3.8, 4) is 5.75 Å². The SMILES string of the molecule is COc1c(C)cc(B(O)O)cc1C(C)(C)C. The van der Waals surface area contributed by atoms with E-state index in [-0.39, 0.29) is 5.41 Å². The monoisotopic (exact) mass is 222 g/mol. The van der Waals surface area contributed by atoms with Gasteiger partial charge in [-0.05, 0) is 28.9 Å². The zero-order chi connectivity index (χ0) is 12.5. The molecule has 0 saturated carbocycles. The Morgan fingerprint density at radius 1 is 1.19 bits per heavy atom. The Balaban J connectivity index is 3.43. The number of hydrogen-bond acceptors (Lipinski definition) is 3. The van der Waals surface area contributed by atoms with Gasteiger partial charge in [-0.1, -0.05) is 32.9 Å². The number of aryl methyl sites for hydroxylation is 1. The molecule has 16 heavy (non-hydrogen) atoms. The molecule has 0 saturated heterocycles. The fourth-order valence-electron chi connectivity index (χ4n) is 1.78. The maximum Gasteiger partial charge on any atom is 0.488 e. The van der Waals surface area contributed by atoms with E-state index in [2.05, 4.69) is 20.8 Å². The third-order valence-electron chi connectivity index (χ3n) is 2.61. The van der Waals surface area contributed by atoms with E-state index < -0.39 is 7.12 Å². The summed E-state index contributed by atoms with van der Waals surface area (Å²) in [7, 11) is 0.192. The Hall–Kier alpha value is -0.995. The van der Waals surface area contributed by atoms with Crippen molar-refractivity contribution in [3.05, 3.63) is 23.3 Å². The van der Waals surface area contributed by atoms with E-state index in [1.807, 2.05) is 6.92 Å². The molecule has 0 bridgehead atoms. The van der Waals surface area contributed by atoms with Crippen LogP contribution in [0.5, 0.6) is 5.75 Å². The van der Waals surface area contributed by atoms with Crippen LogP contribution in [0.1, 0.15) is 31.9 Å². The van der Waals surface area contributed by atoms with Crippen LogP contribution in [0.25, 0.3) is 0 Å². The predicted octanol–water partition coefficient (Wildman–Crippen LogP) is 0.981. The molecule has 0 heterocycles. The van der Waals surface area contributed by atoms with Crippen LogP contribution in [0.4, 0.5) is 0 Å². The van der Waals surface area contributed by atoms with Crippen LogP contribution >= 0.6 is 0 Å². The van der Waals surface area contributed by atoms with Gasteiger partial charge in [-0.3, -0.25) is 0 Å². The van der Waals surface area contributed by atoms with E-state index in [4.69, 9.17) is 4.74 Å². The van der Waals surface area contributed by atoms with E-state index >= 15 is 0 Å². The summed E-state index contributed by atoms with van der Waals surface area (Å²) in [4.78, 5) is 0. The quantitative estimate of drug-likeness (QED) is 0.733. The third kappa shape index (κ3) is 2.57. The molecule has 0 aliphatic rings. The van der Waals surface area contributed by atoms with Gasteiger partial charge in [0.05, 0.1) is 7.11 Å². The Labute approximate surface area is 97.2 Å². The van der Waals surface area contributed by atoms with E-state index in [9.17, 15) is 10.0 Å². The number of hydrogen-bond donors (Lipinski definition) is 2. The highest BCUT2D eigenvalue weighted by Crippen LogP contribution is 2.32. The van der Waals surface area contributed by atoms with Gasteiger partial charge in [0, 0.05) is 0 Å². The summed E-state index contributed by atoms with van der Waals surface area (Å²) in [6.07, 6.45) is 0. The van der Waals surface area contributed by atoms with Crippen LogP contribution in [0, 0.1) is 6.92 Å². The van der Waals surface area contributed by atoms with E-state index in [0.29, 0.717) is 5.46 Å². The predicted molar refractivity (Wildman–Crippen MR) is 66.3 cm³/mol. The fourth-order valence-corrected chi connectivity index (χ4v) is 1.78. The minimum Gasteiger partial charge on any atom is -0.496 e. The van der Waals surface area contributed by atoms with Gasteiger partial charge in [0.1, 0.15) is 5.75 Å². The van der Waals surface area contributed by atoms with Gasteiger partial charge in [-0.15, -0.1) is 0 Å². The highest BCUT2D eigenvalue weighted by molar-refractivity contribution is 6.58. The Kier molecular flexibility index (Phi) is 3.66. The van der Waals surface area contributed by atoms with Crippen LogP contribution in [0.2, 0.25) is 0 Å². The van der Waals surface area contributed by atoms with Gasteiger partial charge in [0.2, 0.25) is 0 Å². The minimum absolute atomic E-state index is 0.0962. The number of methoxy groups -OCH3 is 1. The van der Waals surface area contributed by atoms with E-state index in [1.54, 1.807) is 19.2 Å². The molecule has 1 rings (SSSR count). The largest absolute Gasteiger partial charge is 0.496 e. The molecule has 1 aromatic carbocycles. The summed E-state index contributed by atoms with van der Waals surface area (Å²) in [5.41, 5.74) is 2.31. The lowest BCUT2D eigenvalue weighted by Crippen LogP contribution is -2.32. The third-order valence-corrected chi connectivity index (χ3v) is 2.61. The fraction of sp³-hybridized carbons (Fsp3) is 0.500. The molecule has 0 atom stereocenters. The zero-order valence-electron chi connectivity index (χ0n) is 10.5. The van der Waals surface area contributed by atoms with Crippen molar-refractivity contribution in [1.82, 2.24) is 0 Å². The normalized spacial score (nSPS) is 11.4. The number of rotatable bonds is 2. The average Bonchev–Trinajstić information content (AvgIpc) is 2.14. The molecular weight excluding hydrogens is 203 g/mol. The van der Waals surface area contributed by atoms with Crippen molar-refractivity contribution in [1.29, 1.82) is 0 Å². The molecule has 0 fully saturated rings. The first kappa shape index (κ1) is 13.1. The number of ether oxygens (including phenoxy) is 1. The maximum atomic E-state index is 9.22. The summed E-state index contributed by atoms with van der Waals surface area (Å²) in [6.45, 7) is 8.10. The first-order chi connectivity index (χ1) is 7.27. The molecule has 0 aliphatic carbocycles. The second kappa shape index (κ2) is 4.48. The molecule has 0 spiro atoms. The average molecular weight is 222 g/mol. The standard InChI is InChI=1S/C12H19BO3/c1-8-6-9(13(14)15)7-10(11(8)16-5)12(2,3)4/h6-7,14-15H,1-5H3. The van der Waals surface area contributed by atoms with Gasteiger partial charge >= 0.3 is 7.12 Å². The van der Waals surface area contributed by atoms with Crippen LogP contribution < -0.4 is 10.2 Å². The van der Waals surface area contributed by atoms with Crippen molar-refractivity contribution in [2.45, 2.75) is 33.1 Å². The summed E-state index contributed by atoms with van der Waals surface area (Å²) in [6, 6.07) is 3.52. The van der Waals surface area contributed by atoms with Crippen LogP contribution in [0.15, 0.2) is 12.1 Å². The minimum atomic E-state index is -1.44. The lowest BCUT2D eigenvalue weighted by molar-refractivity contribution is 0.394. The zero-order valence-corrected chi connectivity index (χ0v) is 10.5. The molecular formula is C12H19BO3. The molecule has 1 aromatic rings. The summed E-state index contributed by atoms with van der Waals surface area (Å²) in [5, 5.41) is 18.4. The molecule has 0 unspecified atom stereocenters. The highest BCUT2D eigenvalue weighted by Gasteiger charge is 2.23. The van der Waals surface area contributed by atoms with Crippen molar-refractivity contribution >= 4 is 12.6 Å². The molecule has 0 aromatic heterocycles. The summed E-state index contributed by atoms with van der Waals surface area (Å²) >= 11 is 0. The molecule has 0 radical (unpaired) electrons. The Morgan fingerprint density at radius 2 is 1.75 bits per heavy atom. The second-order valence-electron chi connectivity index (χ2n) is 5.04.